The van der Waals surface area contributed by atoms with Gasteiger partial charge in [-0.3, -0.25) is 4.79 Å². The van der Waals surface area contributed by atoms with Crippen LogP contribution in [-0.2, 0) is 9.53 Å². The molecule has 0 spiro atoms. The second kappa shape index (κ2) is 6.08. The highest BCUT2D eigenvalue weighted by Gasteiger charge is 2.30. The fourth-order valence-corrected chi connectivity index (χ4v) is 2.12. The Bertz CT molecular complexity index is 207. The van der Waals surface area contributed by atoms with Crippen molar-refractivity contribution in [1.29, 1.82) is 0 Å². The zero-order valence-corrected chi connectivity index (χ0v) is 9.74. The third-order valence-electron chi connectivity index (χ3n) is 2.88. The number of hydrogen-bond donors (Lipinski definition) is 1. The van der Waals surface area contributed by atoms with Gasteiger partial charge in [-0.15, -0.1) is 0 Å². The smallest absolute Gasteiger partial charge is 0.248 e. The zero-order chi connectivity index (χ0) is 11.3. The minimum atomic E-state index is 0.111. The average Bonchev–Trinajstić information content (AvgIpc) is 2.66. The summed E-state index contributed by atoms with van der Waals surface area (Å²) in [6.45, 7) is 6.33. The lowest BCUT2D eigenvalue weighted by molar-refractivity contribution is -0.137. The normalized spacial score (nSPS) is 21.3. The molecule has 1 aliphatic heterocycles. The van der Waals surface area contributed by atoms with Gasteiger partial charge in [0.15, 0.2) is 0 Å². The molecule has 1 rings (SSSR count). The topological polar surface area (TPSA) is 55.6 Å². The van der Waals surface area contributed by atoms with Crippen molar-refractivity contribution in [2.75, 3.05) is 26.3 Å². The van der Waals surface area contributed by atoms with Gasteiger partial charge >= 0.3 is 0 Å². The second-order valence-corrected chi connectivity index (χ2v) is 4.38. The second-order valence-electron chi connectivity index (χ2n) is 4.38. The van der Waals surface area contributed by atoms with Crippen molar-refractivity contribution in [3.63, 3.8) is 0 Å². The van der Waals surface area contributed by atoms with E-state index in [-0.39, 0.29) is 12.5 Å². The predicted octanol–water partition coefficient (Wildman–Crippen LogP) is 0.609. The molecule has 0 aromatic rings. The highest BCUT2D eigenvalue weighted by molar-refractivity contribution is 5.78. The predicted molar refractivity (Wildman–Crippen MR) is 59.4 cm³/mol. The molecular weight excluding hydrogens is 192 g/mol. The van der Waals surface area contributed by atoms with Crippen LogP contribution in [0, 0.1) is 5.92 Å². The molecule has 1 fully saturated rings. The van der Waals surface area contributed by atoms with Gasteiger partial charge in [-0.1, -0.05) is 13.8 Å². The van der Waals surface area contributed by atoms with E-state index in [0.717, 1.165) is 19.4 Å². The van der Waals surface area contributed by atoms with Crippen LogP contribution in [-0.4, -0.2) is 43.2 Å². The molecule has 1 unspecified atom stereocenters. The first kappa shape index (κ1) is 12.5. The van der Waals surface area contributed by atoms with Gasteiger partial charge in [0.2, 0.25) is 5.91 Å². The molecule has 1 atom stereocenters. The van der Waals surface area contributed by atoms with Crippen LogP contribution in [0.2, 0.25) is 0 Å². The van der Waals surface area contributed by atoms with Gasteiger partial charge in [0.1, 0.15) is 6.61 Å². The first-order chi connectivity index (χ1) is 7.16. The number of amides is 1. The lowest BCUT2D eigenvalue weighted by atomic mass is 10.0. The first-order valence-electron chi connectivity index (χ1n) is 5.74. The summed E-state index contributed by atoms with van der Waals surface area (Å²) >= 11 is 0. The monoisotopic (exact) mass is 214 g/mol. The van der Waals surface area contributed by atoms with Gasteiger partial charge in [0, 0.05) is 19.1 Å². The van der Waals surface area contributed by atoms with Gasteiger partial charge < -0.3 is 15.4 Å². The van der Waals surface area contributed by atoms with Crippen molar-refractivity contribution in [3.8, 4) is 0 Å². The van der Waals surface area contributed by atoms with Crippen LogP contribution in [0.3, 0.4) is 0 Å². The van der Waals surface area contributed by atoms with Crippen LogP contribution in [0.4, 0.5) is 0 Å². The Kier molecular flexibility index (Phi) is 5.05. The van der Waals surface area contributed by atoms with E-state index in [1.54, 1.807) is 0 Å². The van der Waals surface area contributed by atoms with Gasteiger partial charge in [0.25, 0.3) is 0 Å². The number of rotatable bonds is 5. The Morgan fingerprint density at radius 3 is 2.93 bits per heavy atom. The van der Waals surface area contributed by atoms with E-state index >= 15 is 0 Å². The molecule has 0 radical (unpaired) electrons. The lowest BCUT2D eigenvalue weighted by Crippen LogP contribution is -2.40. The molecule has 15 heavy (non-hydrogen) atoms. The standard InChI is InChI=1S/C11H22N2O2/c1-9(2)10-4-3-6-13(10)11(14)8-15-7-5-12/h9-10H,3-8,12H2,1-2H3. The molecule has 0 bridgehead atoms. The Morgan fingerprint density at radius 2 is 2.33 bits per heavy atom. The number of nitrogens with two attached hydrogens (primary N) is 1. The summed E-state index contributed by atoms with van der Waals surface area (Å²) < 4.78 is 5.17. The maximum atomic E-state index is 11.8. The van der Waals surface area contributed by atoms with Crippen molar-refractivity contribution in [1.82, 2.24) is 4.90 Å². The maximum absolute atomic E-state index is 11.8. The number of likely N-dealkylation sites (tertiary alicyclic amines) is 1. The van der Waals surface area contributed by atoms with Crippen LogP contribution in [0.5, 0.6) is 0 Å². The molecule has 1 amide bonds. The minimum absolute atomic E-state index is 0.111. The number of ether oxygens (including phenoxy) is 1. The molecule has 2 N–H and O–H groups in total. The first-order valence-corrected chi connectivity index (χ1v) is 5.74. The van der Waals surface area contributed by atoms with Crippen LogP contribution in [0.1, 0.15) is 26.7 Å². The van der Waals surface area contributed by atoms with Crippen LogP contribution < -0.4 is 5.73 Å². The Hall–Kier alpha value is -0.610. The van der Waals surface area contributed by atoms with Gasteiger partial charge in [-0.25, -0.2) is 0 Å². The average molecular weight is 214 g/mol. The van der Waals surface area contributed by atoms with Crippen LogP contribution in [0.25, 0.3) is 0 Å². The highest BCUT2D eigenvalue weighted by atomic mass is 16.5. The molecule has 1 saturated heterocycles. The summed E-state index contributed by atoms with van der Waals surface area (Å²) in [5.74, 6) is 0.644. The summed E-state index contributed by atoms with van der Waals surface area (Å²) in [7, 11) is 0. The van der Waals surface area contributed by atoms with E-state index in [0.29, 0.717) is 25.1 Å². The van der Waals surface area contributed by atoms with E-state index in [1.807, 2.05) is 4.90 Å². The Morgan fingerprint density at radius 1 is 1.60 bits per heavy atom. The van der Waals surface area contributed by atoms with Gasteiger partial charge in [0.05, 0.1) is 6.61 Å². The summed E-state index contributed by atoms with van der Waals surface area (Å²) in [5, 5.41) is 0. The molecule has 0 saturated carbocycles. The molecule has 0 aromatic heterocycles. The molecule has 1 aliphatic rings. The summed E-state index contributed by atoms with van der Waals surface area (Å²) in [6.07, 6.45) is 2.24. The van der Waals surface area contributed by atoms with Crippen LogP contribution in [0.15, 0.2) is 0 Å². The highest BCUT2D eigenvalue weighted by Crippen LogP contribution is 2.23. The molecule has 4 heteroatoms. The third-order valence-corrected chi connectivity index (χ3v) is 2.88. The van der Waals surface area contributed by atoms with E-state index in [4.69, 9.17) is 10.5 Å². The van der Waals surface area contributed by atoms with Crippen molar-refractivity contribution < 1.29 is 9.53 Å². The fourth-order valence-electron chi connectivity index (χ4n) is 2.12. The molecule has 4 nitrogen and oxygen atoms in total. The molecule has 1 heterocycles. The van der Waals surface area contributed by atoms with Gasteiger partial charge in [-0.2, -0.15) is 0 Å². The molecular formula is C11H22N2O2. The van der Waals surface area contributed by atoms with E-state index in [1.165, 1.54) is 0 Å². The van der Waals surface area contributed by atoms with Crippen molar-refractivity contribution >= 4 is 5.91 Å². The zero-order valence-electron chi connectivity index (χ0n) is 9.74. The number of nitrogens with zero attached hydrogens (tertiary/aromatic N) is 1. The minimum Gasteiger partial charge on any atom is -0.370 e. The van der Waals surface area contributed by atoms with E-state index in [2.05, 4.69) is 13.8 Å². The third kappa shape index (κ3) is 3.47. The maximum Gasteiger partial charge on any atom is 0.248 e. The summed E-state index contributed by atoms with van der Waals surface area (Å²) in [4.78, 5) is 13.8. The van der Waals surface area contributed by atoms with E-state index < -0.39 is 0 Å². The molecule has 0 aliphatic carbocycles. The SMILES string of the molecule is CC(C)C1CCCN1C(=O)COCCN. The molecule has 88 valence electrons. The summed E-state index contributed by atoms with van der Waals surface area (Å²) in [6, 6.07) is 0.402. The van der Waals surface area contributed by atoms with Crippen molar-refractivity contribution in [2.24, 2.45) is 11.7 Å². The quantitative estimate of drug-likeness (QED) is 0.682. The van der Waals surface area contributed by atoms with Crippen molar-refractivity contribution in [3.05, 3.63) is 0 Å². The number of hydrogen-bond acceptors (Lipinski definition) is 3. The largest absolute Gasteiger partial charge is 0.370 e. The number of carbonyl (C=O) groups is 1. The van der Waals surface area contributed by atoms with Crippen LogP contribution >= 0.6 is 0 Å². The van der Waals surface area contributed by atoms with Crippen molar-refractivity contribution in [2.45, 2.75) is 32.7 Å². The summed E-state index contributed by atoms with van der Waals surface area (Å²) in [5.41, 5.74) is 5.29. The molecule has 0 aromatic carbocycles. The Labute approximate surface area is 91.8 Å². The fraction of sp³-hybridized carbons (Fsp3) is 0.909. The number of carbonyl (C=O) groups excluding carboxylic acids is 1. The van der Waals surface area contributed by atoms with Gasteiger partial charge in [-0.05, 0) is 18.8 Å². The van der Waals surface area contributed by atoms with E-state index in [9.17, 15) is 4.79 Å². The lowest BCUT2D eigenvalue weighted by Gasteiger charge is -2.27. The Balaban J connectivity index is 2.37.